The number of ether oxygens (including phenoxy) is 6. The van der Waals surface area contributed by atoms with Gasteiger partial charge in [0.1, 0.15) is 0 Å². The van der Waals surface area contributed by atoms with E-state index < -0.39 is 0 Å². The molecule has 2 heterocycles. The van der Waals surface area contributed by atoms with Crippen LogP contribution in [0.1, 0.15) is 35.3 Å². The molecule has 0 aliphatic carbocycles. The number of methoxy groups -OCH3 is 2. The van der Waals surface area contributed by atoms with Gasteiger partial charge in [-0.05, 0) is 48.2 Å². The van der Waals surface area contributed by atoms with Crippen LogP contribution in [0.15, 0.2) is 24.3 Å². The first-order valence-electron chi connectivity index (χ1n) is 10.7. The summed E-state index contributed by atoms with van der Waals surface area (Å²) in [6.07, 6.45) is 0.840. The second-order valence-electron chi connectivity index (χ2n) is 7.72. The number of likely N-dealkylation sites (N-methyl/N-ethyl adjacent to an activating group) is 1. The van der Waals surface area contributed by atoms with Gasteiger partial charge >= 0.3 is 6.09 Å². The number of nitrogens with zero attached hydrogens (tertiary/aromatic N) is 1. The summed E-state index contributed by atoms with van der Waals surface area (Å²) in [7, 11) is 5.00. The molecule has 0 spiro atoms. The van der Waals surface area contributed by atoms with Crippen molar-refractivity contribution >= 4 is 6.09 Å². The van der Waals surface area contributed by atoms with Crippen LogP contribution in [0.3, 0.4) is 0 Å². The van der Waals surface area contributed by atoms with Gasteiger partial charge in [-0.15, -0.1) is 0 Å². The number of carbonyl (C=O) groups is 1. The highest BCUT2D eigenvalue weighted by Crippen LogP contribution is 2.43. The lowest BCUT2D eigenvalue weighted by atomic mass is 9.90. The van der Waals surface area contributed by atoms with Gasteiger partial charge in [0.2, 0.25) is 6.79 Å². The molecule has 2 aromatic carbocycles. The second-order valence-corrected chi connectivity index (χ2v) is 7.72. The number of hydrogen-bond acceptors (Lipinski definition) is 7. The molecule has 0 N–H and O–H groups in total. The fourth-order valence-corrected chi connectivity index (χ4v) is 4.15. The third-order valence-corrected chi connectivity index (χ3v) is 5.86. The lowest BCUT2D eigenvalue weighted by Gasteiger charge is -2.29. The van der Waals surface area contributed by atoms with Crippen molar-refractivity contribution in [3.63, 3.8) is 0 Å². The van der Waals surface area contributed by atoms with E-state index in [0.717, 1.165) is 22.3 Å². The van der Waals surface area contributed by atoms with E-state index in [9.17, 15) is 4.79 Å². The minimum Gasteiger partial charge on any atom is -0.493 e. The zero-order valence-electron chi connectivity index (χ0n) is 18.9. The van der Waals surface area contributed by atoms with Crippen LogP contribution in [0.5, 0.6) is 23.0 Å². The molecule has 0 fully saturated rings. The van der Waals surface area contributed by atoms with E-state index >= 15 is 0 Å². The fourth-order valence-electron chi connectivity index (χ4n) is 4.15. The van der Waals surface area contributed by atoms with Gasteiger partial charge in [0.15, 0.2) is 23.0 Å². The first-order chi connectivity index (χ1) is 15.5. The average Bonchev–Trinajstić information content (AvgIpc) is 3.28. The molecule has 0 bridgehead atoms. The molecular formula is C24H29NO7. The van der Waals surface area contributed by atoms with E-state index in [0.29, 0.717) is 55.6 Å². The molecule has 8 nitrogen and oxygen atoms in total. The van der Waals surface area contributed by atoms with Gasteiger partial charge < -0.3 is 33.3 Å². The Morgan fingerprint density at radius 1 is 1.16 bits per heavy atom. The van der Waals surface area contributed by atoms with Gasteiger partial charge in [-0.1, -0.05) is 6.07 Å². The van der Waals surface area contributed by atoms with Gasteiger partial charge in [0, 0.05) is 25.6 Å². The summed E-state index contributed by atoms with van der Waals surface area (Å²) in [6, 6.07) is 7.98. The van der Waals surface area contributed by atoms with Crippen molar-refractivity contribution < 1.29 is 33.2 Å². The Labute approximate surface area is 187 Å². The predicted molar refractivity (Wildman–Crippen MR) is 117 cm³/mol. The number of amides is 1. The smallest absolute Gasteiger partial charge is 0.409 e. The first-order valence-corrected chi connectivity index (χ1v) is 10.7. The molecule has 0 saturated carbocycles. The second kappa shape index (κ2) is 9.56. The Morgan fingerprint density at radius 3 is 2.66 bits per heavy atom. The molecule has 2 aromatic rings. The number of fused-ring (bicyclic) bond motifs is 2. The van der Waals surface area contributed by atoms with Gasteiger partial charge in [-0.2, -0.15) is 0 Å². The van der Waals surface area contributed by atoms with E-state index in [1.165, 1.54) is 0 Å². The Bertz CT molecular complexity index is 991. The molecule has 0 saturated heterocycles. The molecule has 2 aliphatic heterocycles. The van der Waals surface area contributed by atoms with Crippen LogP contribution in [0.2, 0.25) is 0 Å². The standard InChI is InChI=1S/C24H29NO7/c1-5-29-24(26)25(2)9-8-16-11-21-22(32-14-31-21)12-17(16)20-10-15-6-7-19(27-3)23(28-4)18(15)13-30-20/h6-7,11-12,20H,5,8-10,13-14H2,1-4H3. The molecule has 0 radical (unpaired) electrons. The largest absolute Gasteiger partial charge is 0.493 e. The van der Waals surface area contributed by atoms with E-state index in [-0.39, 0.29) is 19.0 Å². The highest BCUT2D eigenvalue weighted by molar-refractivity contribution is 5.67. The highest BCUT2D eigenvalue weighted by Gasteiger charge is 2.29. The van der Waals surface area contributed by atoms with Gasteiger partial charge in [0.05, 0.1) is 33.5 Å². The van der Waals surface area contributed by atoms with Crippen LogP contribution in [-0.4, -0.2) is 52.2 Å². The molecular weight excluding hydrogens is 414 g/mol. The molecule has 172 valence electrons. The topological polar surface area (TPSA) is 75.7 Å². The highest BCUT2D eigenvalue weighted by atomic mass is 16.7. The molecule has 4 rings (SSSR count). The van der Waals surface area contributed by atoms with Crippen LogP contribution in [-0.2, 0) is 28.9 Å². The third kappa shape index (κ3) is 4.27. The third-order valence-electron chi connectivity index (χ3n) is 5.86. The zero-order valence-corrected chi connectivity index (χ0v) is 18.9. The zero-order chi connectivity index (χ0) is 22.7. The maximum atomic E-state index is 12.0. The maximum Gasteiger partial charge on any atom is 0.409 e. The first kappa shape index (κ1) is 22.1. The summed E-state index contributed by atoms with van der Waals surface area (Å²) >= 11 is 0. The van der Waals surface area contributed by atoms with Crippen molar-refractivity contribution in [3.05, 3.63) is 46.5 Å². The number of benzene rings is 2. The molecule has 1 atom stereocenters. The maximum absolute atomic E-state index is 12.0. The summed E-state index contributed by atoms with van der Waals surface area (Å²) in [5.41, 5.74) is 4.25. The van der Waals surface area contributed by atoms with Crippen molar-refractivity contribution in [1.82, 2.24) is 4.90 Å². The van der Waals surface area contributed by atoms with E-state index in [1.54, 1.807) is 33.1 Å². The Morgan fingerprint density at radius 2 is 1.94 bits per heavy atom. The molecule has 0 aromatic heterocycles. The SMILES string of the molecule is CCOC(=O)N(C)CCc1cc2c(cc1C1Cc3ccc(OC)c(OC)c3CO1)OCO2. The Hall–Kier alpha value is -3.13. The van der Waals surface area contributed by atoms with Gasteiger partial charge in [-0.3, -0.25) is 0 Å². The van der Waals surface area contributed by atoms with E-state index in [4.69, 9.17) is 28.4 Å². The van der Waals surface area contributed by atoms with Crippen molar-refractivity contribution in [2.75, 3.05) is 41.2 Å². The number of carbonyl (C=O) groups excluding carboxylic acids is 1. The average molecular weight is 443 g/mol. The van der Waals surface area contributed by atoms with Crippen LogP contribution in [0, 0.1) is 0 Å². The lowest BCUT2D eigenvalue weighted by Crippen LogP contribution is -2.29. The number of rotatable bonds is 7. The Balaban J connectivity index is 1.60. The molecule has 2 aliphatic rings. The molecule has 1 unspecified atom stereocenters. The van der Waals surface area contributed by atoms with Crippen LogP contribution < -0.4 is 18.9 Å². The molecule has 1 amide bonds. The summed E-state index contributed by atoms with van der Waals surface area (Å²) in [4.78, 5) is 13.6. The van der Waals surface area contributed by atoms with Crippen LogP contribution in [0.25, 0.3) is 0 Å². The molecule has 32 heavy (non-hydrogen) atoms. The van der Waals surface area contributed by atoms with E-state index in [2.05, 4.69) is 6.07 Å². The molecule has 8 heteroatoms. The van der Waals surface area contributed by atoms with Crippen LogP contribution in [0.4, 0.5) is 4.79 Å². The predicted octanol–water partition coefficient (Wildman–Crippen LogP) is 3.88. The summed E-state index contributed by atoms with van der Waals surface area (Å²) in [5.74, 6) is 2.83. The minimum atomic E-state index is -0.335. The van der Waals surface area contributed by atoms with Crippen molar-refractivity contribution in [2.24, 2.45) is 0 Å². The monoisotopic (exact) mass is 443 g/mol. The fraction of sp³-hybridized carbons (Fsp3) is 0.458. The number of hydrogen-bond donors (Lipinski definition) is 0. The summed E-state index contributed by atoms with van der Waals surface area (Å²) < 4.78 is 33.6. The van der Waals surface area contributed by atoms with Crippen molar-refractivity contribution in [1.29, 1.82) is 0 Å². The van der Waals surface area contributed by atoms with Crippen molar-refractivity contribution in [2.45, 2.75) is 32.5 Å². The normalized spacial score (nSPS) is 16.3. The minimum absolute atomic E-state index is 0.155. The van der Waals surface area contributed by atoms with Gasteiger partial charge in [0.25, 0.3) is 0 Å². The lowest BCUT2D eigenvalue weighted by molar-refractivity contribution is 0.0251. The van der Waals surface area contributed by atoms with Crippen LogP contribution >= 0.6 is 0 Å². The summed E-state index contributed by atoms with van der Waals surface area (Å²) in [6.45, 7) is 3.27. The summed E-state index contributed by atoms with van der Waals surface area (Å²) in [5, 5.41) is 0. The Kier molecular flexibility index (Phi) is 6.60. The quantitative estimate of drug-likeness (QED) is 0.643. The van der Waals surface area contributed by atoms with Gasteiger partial charge in [-0.25, -0.2) is 4.79 Å². The van der Waals surface area contributed by atoms with Crippen molar-refractivity contribution in [3.8, 4) is 23.0 Å². The van der Waals surface area contributed by atoms with E-state index in [1.807, 2.05) is 18.2 Å².